The van der Waals surface area contributed by atoms with Gasteiger partial charge in [0.2, 0.25) is 0 Å². The third-order valence-electron chi connectivity index (χ3n) is 10.5. The van der Waals surface area contributed by atoms with Crippen LogP contribution in [0, 0.1) is 0 Å². The first-order valence-corrected chi connectivity index (χ1v) is 19.2. The molecule has 1 heterocycles. The zero-order chi connectivity index (χ0) is 35.8. The maximum Gasteiger partial charge on any atom is 0.0554 e. The highest BCUT2D eigenvalue weighted by Gasteiger charge is 2.19. The van der Waals surface area contributed by atoms with E-state index in [2.05, 4.69) is 217 Å². The maximum absolute atomic E-state index is 2.43. The summed E-state index contributed by atoms with van der Waals surface area (Å²) in [5.41, 5.74) is 13.1. The zero-order valence-corrected chi connectivity index (χ0v) is 30.4. The quantitative estimate of drug-likeness (QED) is 0.160. The Hall–Kier alpha value is -6.74. The molecule has 54 heavy (non-hydrogen) atoms. The van der Waals surface area contributed by atoms with Gasteiger partial charge in [0.25, 0.3) is 0 Å². The third kappa shape index (κ3) is 5.74. The van der Waals surface area contributed by atoms with Gasteiger partial charge in [-0.3, -0.25) is 0 Å². The molecule has 2 heteroatoms. The second-order valence-electron chi connectivity index (χ2n) is 13.7. The summed E-state index contributed by atoms with van der Waals surface area (Å²) in [4.78, 5) is 2.43. The molecular formula is C52H35NS. The molecule has 0 saturated heterocycles. The molecule has 0 radical (unpaired) electrons. The Morgan fingerprint density at radius 3 is 1.35 bits per heavy atom. The SMILES string of the molecule is c1ccc(-c2ccccc2-c2ccc(N(c3ccc(-c4cc5ccccc5cc4-c4ccccc4)cc3)c3cccc4sc5ccccc5c34)cc2)cc1. The summed E-state index contributed by atoms with van der Waals surface area (Å²) in [6.45, 7) is 0. The molecule has 10 rings (SSSR count). The predicted octanol–water partition coefficient (Wildman–Crippen LogP) is 15.3. The second-order valence-corrected chi connectivity index (χ2v) is 14.8. The van der Waals surface area contributed by atoms with Crippen LogP contribution in [0.3, 0.4) is 0 Å². The lowest BCUT2D eigenvalue weighted by molar-refractivity contribution is 1.30. The highest BCUT2D eigenvalue weighted by Crippen LogP contribution is 2.46. The lowest BCUT2D eigenvalue weighted by atomic mass is 9.91. The molecule has 0 unspecified atom stereocenters. The van der Waals surface area contributed by atoms with Crippen molar-refractivity contribution in [3.63, 3.8) is 0 Å². The molecule has 1 nitrogen and oxygen atoms in total. The summed E-state index contributed by atoms with van der Waals surface area (Å²) < 4.78 is 2.58. The van der Waals surface area contributed by atoms with Gasteiger partial charge < -0.3 is 4.90 Å². The number of hydrogen-bond acceptors (Lipinski definition) is 2. The van der Waals surface area contributed by atoms with Gasteiger partial charge in [-0.15, -0.1) is 11.3 Å². The Balaban J connectivity index is 1.12. The van der Waals surface area contributed by atoms with Gasteiger partial charge in [0.05, 0.1) is 5.69 Å². The van der Waals surface area contributed by atoms with E-state index in [0.29, 0.717) is 0 Å². The minimum absolute atomic E-state index is 1.11. The van der Waals surface area contributed by atoms with Crippen molar-refractivity contribution >= 4 is 59.3 Å². The first-order chi connectivity index (χ1) is 26.8. The number of rotatable bonds is 7. The van der Waals surface area contributed by atoms with Crippen LogP contribution in [-0.2, 0) is 0 Å². The Bertz CT molecular complexity index is 2910. The highest BCUT2D eigenvalue weighted by atomic mass is 32.1. The number of hydrogen-bond donors (Lipinski definition) is 0. The topological polar surface area (TPSA) is 3.24 Å². The van der Waals surface area contributed by atoms with Crippen molar-refractivity contribution in [3.05, 3.63) is 212 Å². The van der Waals surface area contributed by atoms with Crippen LogP contribution >= 0.6 is 11.3 Å². The van der Waals surface area contributed by atoms with Crippen LogP contribution in [0.4, 0.5) is 17.1 Å². The van der Waals surface area contributed by atoms with E-state index in [0.717, 1.165) is 11.4 Å². The molecule has 0 bridgehead atoms. The summed E-state index contributed by atoms with van der Waals surface area (Å²) in [7, 11) is 0. The molecule has 1 aromatic heterocycles. The Kier molecular flexibility index (Phi) is 8.09. The van der Waals surface area contributed by atoms with Gasteiger partial charge in [-0.1, -0.05) is 158 Å². The second kappa shape index (κ2) is 13.7. The summed E-state index contributed by atoms with van der Waals surface area (Å²) in [6, 6.07) is 77.1. The molecular weight excluding hydrogens is 671 g/mol. The Morgan fingerprint density at radius 2 is 0.759 bits per heavy atom. The van der Waals surface area contributed by atoms with E-state index in [9.17, 15) is 0 Å². The normalized spacial score (nSPS) is 11.3. The van der Waals surface area contributed by atoms with Crippen LogP contribution in [0.2, 0.25) is 0 Å². The fraction of sp³-hybridized carbons (Fsp3) is 0. The number of nitrogens with zero attached hydrogens (tertiary/aromatic N) is 1. The first kappa shape index (κ1) is 32.0. The fourth-order valence-electron chi connectivity index (χ4n) is 7.89. The average molecular weight is 706 g/mol. The van der Waals surface area contributed by atoms with Crippen molar-refractivity contribution in [2.75, 3.05) is 4.90 Å². The van der Waals surface area contributed by atoms with E-state index in [-0.39, 0.29) is 0 Å². The molecule has 9 aromatic carbocycles. The minimum atomic E-state index is 1.11. The highest BCUT2D eigenvalue weighted by molar-refractivity contribution is 7.26. The van der Waals surface area contributed by atoms with Gasteiger partial charge in [0.15, 0.2) is 0 Å². The zero-order valence-electron chi connectivity index (χ0n) is 29.6. The summed E-state index contributed by atoms with van der Waals surface area (Å²) in [6.07, 6.45) is 0. The smallest absolute Gasteiger partial charge is 0.0554 e. The predicted molar refractivity (Wildman–Crippen MR) is 233 cm³/mol. The minimum Gasteiger partial charge on any atom is -0.310 e. The van der Waals surface area contributed by atoms with E-state index in [1.165, 1.54) is 81.1 Å². The molecule has 10 aromatic rings. The number of thiophene rings is 1. The van der Waals surface area contributed by atoms with E-state index < -0.39 is 0 Å². The summed E-state index contributed by atoms with van der Waals surface area (Å²) in [5.74, 6) is 0. The van der Waals surface area contributed by atoms with Crippen LogP contribution in [0.25, 0.3) is 75.5 Å². The van der Waals surface area contributed by atoms with Gasteiger partial charge in [-0.05, 0) is 110 Å². The van der Waals surface area contributed by atoms with Crippen LogP contribution in [0.1, 0.15) is 0 Å². The number of anilines is 3. The van der Waals surface area contributed by atoms with Gasteiger partial charge in [0.1, 0.15) is 0 Å². The monoisotopic (exact) mass is 705 g/mol. The maximum atomic E-state index is 2.43. The summed E-state index contributed by atoms with van der Waals surface area (Å²) >= 11 is 1.86. The van der Waals surface area contributed by atoms with Gasteiger partial charge in [-0.2, -0.15) is 0 Å². The molecule has 0 aliphatic heterocycles. The van der Waals surface area contributed by atoms with Crippen LogP contribution < -0.4 is 4.90 Å². The molecule has 0 aliphatic rings. The van der Waals surface area contributed by atoms with Crippen LogP contribution in [0.15, 0.2) is 212 Å². The average Bonchev–Trinajstić information content (AvgIpc) is 3.64. The van der Waals surface area contributed by atoms with E-state index in [4.69, 9.17) is 0 Å². The molecule has 0 spiro atoms. The Labute approximate surface area is 319 Å². The van der Waals surface area contributed by atoms with Gasteiger partial charge in [0, 0.05) is 31.5 Å². The third-order valence-corrected chi connectivity index (χ3v) is 11.6. The molecule has 254 valence electrons. The molecule has 0 fully saturated rings. The lowest BCUT2D eigenvalue weighted by Gasteiger charge is -2.27. The van der Waals surface area contributed by atoms with Crippen molar-refractivity contribution in [2.24, 2.45) is 0 Å². The van der Waals surface area contributed by atoms with Crippen molar-refractivity contribution in [1.82, 2.24) is 0 Å². The standard InChI is InChI=1S/C52H35NS/c1-3-14-36(15-4-1)44-20-9-10-21-45(44)38-26-30-42(31-27-38)53(49-23-13-25-51-52(49)46-22-11-12-24-50(46)54-51)43-32-28-39(29-33-43)48-35-41-19-8-7-18-40(41)34-47(48)37-16-5-2-6-17-37/h1-35H. The molecule has 0 amide bonds. The van der Waals surface area contributed by atoms with Crippen LogP contribution in [-0.4, -0.2) is 0 Å². The molecule has 0 saturated carbocycles. The molecule has 0 N–H and O–H groups in total. The van der Waals surface area contributed by atoms with E-state index in [1.807, 2.05) is 11.3 Å². The number of fused-ring (bicyclic) bond motifs is 4. The van der Waals surface area contributed by atoms with Crippen molar-refractivity contribution in [2.45, 2.75) is 0 Å². The van der Waals surface area contributed by atoms with Gasteiger partial charge in [-0.25, -0.2) is 0 Å². The first-order valence-electron chi connectivity index (χ1n) is 18.4. The van der Waals surface area contributed by atoms with Crippen molar-refractivity contribution in [1.29, 1.82) is 0 Å². The lowest BCUT2D eigenvalue weighted by Crippen LogP contribution is -2.10. The largest absolute Gasteiger partial charge is 0.310 e. The van der Waals surface area contributed by atoms with Gasteiger partial charge >= 0.3 is 0 Å². The number of benzene rings is 9. The van der Waals surface area contributed by atoms with Crippen molar-refractivity contribution in [3.8, 4) is 44.5 Å². The van der Waals surface area contributed by atoms with E-state index in [1.54, 1.807) is 0 Å². The van der Waals surface area contributed by atoms with E-state index >= 15 is 0 Å². The molecule has 0 aliphatic carbocycles. The van der Waals surface area contributed by atoms with Crippen LogP contribution in [0.5, 0.6) is 0 Å². The van der Waals surface area contributed by atoms with Crippen molar-refractivity contribution < 1.29 is 0 Å². The molecule has 0 atom stereocenters. The Morgan fingerprint density at radius 1 is 0.315 bits per heavy atom. The fourth-order valence-corrected chi connectivity index (χ4v) is 9.02. The summed E-state index contributed by atoms with van der Waals surface area (Å²) in [5, 5.41) is 5.05.